The minimum atomic E-state index is -0.272. The van der Waals surface area contributed by atoms with Gasteiger partial charge in [-0.25, -0.2) is 9.97 Å². The zero-order chi connectivity index (χ0) is 30.8. The topological polar surface area (TPSA) is 51.8 Å². The Bertz CT molecular complexity index is 2460. The molecule has 4 heteroatoms. The van der Waals surface area contributed by atoms with Crippen molar-refractivity contribution in [2.75, 3.05) is 0 Å². The summed E-state index contributed by atoms with van der Waals surface area (Å²) >= 11 is 0. The Kier molecular flexibility index (Phi) is 5.81. The van der Waals surface area contributed by atoms with E-state index < -0.39 is 0 Å². The molecule has 0 spiro atoms. The van der Waals surface area contributed by atoms with Crippen LogP contribution < -0.4 is 0 Å². The fraction of sp³-hybridized carbons (Fsp3) is 0.0714. The molecule has 4 nitrogen and oxygen atoms in total. The number of benzene rings is 5. The fourth-order valence-corrected chi connectivity index (χ4v) is 7.13. The van der Waals surface area contributed by atoms with Crippen LogP contribution in [0, 0.1) is 0 Å². The molecule has 218 valence electrons. The van der Waals surface area contributed by atoms with Gasteiger partial charge in [0.25, 0.3) is 0 Å². The van der Waals surface area contributed by atoms with Crippen molar-refractivity contribution in [1.29, 1.82) is 0 Å². The second kappa shape index (κ2) is 10.1. The molecule has 0 saturated carbocycles. The van der Waals surface area contributed by atoms with Crippen LogP contribution in [-0.2, 0) is 5.41 Å². The fourth-order valence-electron chi connectivity index (χ4n) is 7.13. The zero-order valence-electron chi connectivity index (χ0n) is 25.5. The summed E-state index contributed by atoms with van der Waals surface area (Å²) in [5, 5.41) is 2.25. The molecule has 3 aromatic heterocycles. The number of hydrogen-bond acceptors (Lipinski definition) is 4. The summed E-state index contributed by atoms with van der Waals surface area (Å²) < 4.78 is 6.43. The SMILES string of the molecule is CC1(C)c2ccccc2-c2nc(-c3cccc(-c4cccnc4)c3)nc(-c3cccc(-c4cccc5c4oc4ccccc45)c3)c21. The molecule has 0 radical (unpaired) electrons. The van der Waals surface area contributed by atoms with Crippen molar-refractivity contribution in [3.63, 3.8) is 0 Å². The highest BCUT2D eigenvalue weighted by Crippen LogP contribution is 2.51. The maximum Gasteiger partial charge on any atom is 0.160 e. The molecule has 9 rings (SSSR count). The molecule has 46 heavy (non-hydrogen) atoms. The van der Waals surface area contributed by atoms with E-state index in [-0.39, 0.29) is 5.41 Å². The van der Waals surface area contributed by atoms with Gasteiger partial charge in [0.15, 0.2) is 5.82 Å². The molecule has 0 fully saturated rings. The number of nitrogens with zero attached hydrogens (tertiary/aromatic N) is 3. The zero-order valence-corrected chi connectivity index (χ0v) is 25.5. The number of rotatable bonds is 4. The number of fused-ring (bicyclic) bond motifs is 6. The lowest BCUT2D eigenvalue weighted by Gasteiger charge is -2.24. The third-order valence-corrected chi connectivity index (χ3v) is 9.36. The van der Waals surface area contributed by atoms with E-state index in [1.54, 1.807) is 6.20 Å². The number of furan rings is 1. The third-order valence-electron chi connectivity index (χ3n) is 9.36. The smallest absolute Gasteiger partial charge is 0.160 e. The second-order valence-electron chi connectivity index (χ2n) is 12.5. The van der Waals surface area contributed by atoms with Gasteiger partial charge in [0.1, 0.15) is 11.2 Å². The Hall–Kier alpha value is -5.87. The monoisotopic (exact) mass is 591 g/mol. The summed E-state index contributed by atoms with van der Waals surface area (Å²) in [7, 11) is 0. The van der Waals surface area contributed by atoms with Crippen LogP contribution in [0.5, 0.6) is 0 Å². The average molecular weight is 592 g/mol. The normalized spacial score (nSPS) is 13.2. The largest absolute Gasteiger partial charge is 0.455 e. The summed E-state index contributed by atoms with van der Waals surface area (Å²) in [6.07, 6.45) is 3.69. The number of pyridine rings is 1. The number of aromatic nitrogens is 3. The van der Waals surface area contributed by atoms with Crippen LogP contribution in [0.2, 0.25) is 0 Å². The van der Waals surface area contributed by atoms with E-state index >= 15 is 0 Å². The molecular weight excluding hydrogens is 562 g/mol. The number of hydrogen-bond donors (Lipinski definition) is 0. The van der Waals surface area contributed by atoms with Crippen molar-refractivity contribution in [3.8, 4) is 56.2 Å². The molecule has 0 bridgehead atoms. The van der Waals surface area contributed by atoms with Gasteiger partial charge in [-0.2, -0.15) is 0 Å². The molecule has 1 aliphatic carbocycles. The summed E-state index contributed by atoms with van der Waals surface area (Å²) in [5.41, 5.74) is 13.4. The van der Waals surface area contributed by atoms with Crippen molar-refractivity contribution < 1.29 is 4.42 Å². The highest BCUT2D eigenvalue weighted by molar-refractivity contribution is 6.09. The average Bonchev–Trinajstić information content (AvgIpc) is 3.61. The quantitative estimate of drug-likeness (QED) is 0.204. The van der Waals surface area contributed by atoms with Crippen molar-refractivity contribution >= 4 is 21.9 Å². The molecule has 0 N–H and O–H groups in total. The van der Waals surface area contributed by atoms with Crippen molar-refractivity contribution in [3.05, 3.63) is 151 Å². The van der Waals surface area contributed by atoms with Gasteiger partial charge in [-0.3, -0.25) is 4.98 Å². The molecule has 1 aliphatic rings. The van der Waals surface area contributed by atoms with Gasteiger partial charge >= 0.3 is 0 Å². The maximum atomic E-state index is 6.43. The standard InChI is InChI=1S/C42H29N3O/c1-42(2)35-20-5-3-17-34(35)39-37(42)38(44-41(45-39)29-14-7-11-26(23-29)30-15-10-22-43-25-30)28-13-8-12-27(24-28)31-18-9-19-33-32-16-4-6-21-36(32)46-40(31)33/h3-25H,1-2H3. The Morgan fingerprint density at radius 3 is 2.11 bits per heavy atom. The van der Waals surface area contributed by atoms with E-state index in [4.69, 9.17) is 14.4 Å². The first-order valence-corrected chi connectivity index (χ1v) is 15.6. The molecule has 0 aliphatic heterocycles. The first-order chi connectivity index (χ1) is 22.6. The van der Waals surface area contributed by atoms with Gasteiger partial charge in [0.2, 0.25) is 0 Å². The summed E-state index contributed by atoms with van der Waals surface area (Å²) in [6.45, 7) is 4.57. The van der Waals surface area contributed by atoms with Crippen LogP contribution >= 0.6 is 0 Å². The van der Waals surface area contributed by atoms with Gasteiger partial charge in [0, 0.05) is 62.0 Å². The van der Waals surface area contributed by atoms with Crippen molar-refractivity contribution in [1.82, 2.24) is 15.0 Å². The van der Waals surface area contributed by atoms with Gasteiger partial charge in [-0.15, -0.1) is 0 Å². The van der Waals surface area contributed by atoms with Crippen LogP contribution in [-0.4, -0.2) is 15.0 Å². The summed E-state index contributed by atoms with van der Waals surface area (Å²) in [6, 6.07) is 44.4. The lowest BCUT2D eigenvalue weighted by atomic mass is 9.80. The van der Waals surface area contributed by atoms with Crippen LogP contribution in [0.25, 0.3) is 78.1 Å². The Morgan fingerprint density at radius 1 is 0.543 bits per heavy atom. The van der Waals surface area contributed by atoms with E-state index in [1.807, 2.05) is 24.4 Å². The minimum Gasteiger partial charge on any atom is -0.455 e. The van der Waals surface area contributed by atoms with Crippen LogP contribution in [0.3, 0.4) is 0 Å². The van der Waals surface area contributed by atoms with E-state index in [0.29, 0.717) is 5.82 Å². The molecule has 0 atom stereocenters. The van der Waals surface area contributed by atoms with Crippen LogP contribution in [0.4, 0.5) is 0 Å². The molecule has 8 aromatic rings. The van der Waals surface area contributed by atoms with Crippen molar-refractivity contribution in [2.24, 2.45) is 0 Å². The molecule has 3 heterocycles. The highest BCUT2D eigenvalue weighted by Gasteiger charge is 2.40. The molecule has 0 amide bonds. The maximum absolute atomic E-state index is 6.43. The predicted octanol–water partition coefficient (Wildman–Crippen LogP) is 10.7. The Morgan fingerprint density at radius 2 is 1.22 bits per heavy atom. The molecule has 0 unspecified atom stereocenters. The second-order valence-corrected chi connectivity index (χ2v) is 12.5. The molecule has 0 saturated heterocycles. The van der Waals surface area contributed by atoms with Gasteiger partial charge < -0.3 is 4.42 Å². The first-order valence-electron chi connectivity index (χ1n) is 15.6. The summed E-state index contributed by atoms with van der Waals surface area (Å²) in [4.78, 5) is 15.0. The van der Waals surface area contributed by atoms with E-state index in [1.165, 1.54) is 11.1 Å². The molecular formula is C42H29N3O. The van der Waals surface area contributed by atoms with Crippen molar-refractivity contribution in [2.45, 2.75) is 19.3 Å². The predicted molar refractivity (Wildman–Crippen MR) is 186 cm³/mol. The van der Waals surface area contributed by atoms with Crippen LogP contribution in [0.1, 0.15) is 25.0 Å². The third kappa shape index (κ3) is 4.04. The Labute approximate surface area is 267 Å². The van der Waals surface area contributed by atoms with E-state index in [0.717, 1.165) is 72.3 Å². The highest BCUT2D eigenvalue weighted by atomic mass is 16.3. The van der Waals surface area contributed by atoms with E-state index in [2.05, 4.69) is 128 Å². The van der Waals surface area contributed by atoms with Gasteiger partial charge in [0.05, 0.1) is 11.4 Å². The van der Waals surface area contributed by atoms with E-state index in [9.17, 15) is 0 Å². The number of para-hydroxylation sites is 2. The van der Waals surface area contributed by atoms with Crippen LogP contribution in [0.15, 0.2) is 144 Å². The molecule has 5 aromatic carbocycles. The lowest BCUT2D eigenvalue weighted by molar-refractivity contribution is 0.658. The first kappa shape index (κ1) is 26.5. The Balaban J connectivity index is 1.27. The lowest BCUT2D eigenvalue weighted by Crippen LogP contribution is -2.17. The summed E-state index contributed by atoms with van der Waals surface area (Å²) in [5.74, 6) is 0.705. The van der Waals surface area contributed by atoms with Gasteiger partial charge in [-0.1, -0.05) is 117 Å². The minimum absolute atomic E-state index is 0.272. The van der Waals surface area contributed by atoms with Gasteiger partial charge in [-0.05, 0) is 41.0 Å².